The van der Waals surface area contributed by atoms with Crippen LogP contribution in [0, 0.1) is 23.7 Å². The Labute approximate surface area is 924 Å². The number of sulfone groups is 1. The molecular formula is C84H133Br17N10O20S. The first-order valence-electron chi connectivity index (χ1n) is 44.4. The number of esters is 9. The molecule has 0 bridgehead atoms. The van der Waals surface area contributed by atoms with Gasteiger partial charge in [-0.25, -0.2) is 51.8 Å². The maximum absolute atomic E-state index is 11.2. The summed E-state index contributed by atoms with van der Waals surface area (Å²) >= 11 is 52.6. The van der Waals surface area contributed by atoms with Crippen molar-refractivity contribution in [2.24, 2.45) is 23.7 Å². The van der Waals surface area contributed by atoms with Crippen molar-refractivity contribution in [1.82, 2.24) is 50.4 Å². The number of H-pyrrole nitrogens is 1. The van der Waals surface area contributed by atoms with Gasteiger partial charge in [0.25, 0.3) is 0 Å². The largest absolute Gasteiger partial charge is 0.465 e. The Morgan fingerprint density at radius 1 is 0.394 bits per heavy atom. The molecule has 0 spiro atoms. The van der Waals surface area contributed by atoms with Crippen molar-refractivity contribution in [2.45, 2.75) is 195 Å². The number of likely N-dealkylation sites (tertiary alicyclic amines) is 4. The summed E-state index contributed by atoms with van der Waals surface area (Å²) in [7, 11) is 3.54. The van der Waals surface area contributed by atoms with E-state index in [2.05, 4.69) is 342 Å². The van der Waals surface area contributed by atoms with Crippen LogP contribution < -0.4 is 16.0 Å². The molecule has 4 unspecified atom stereocenters. The lowest BCUT2D eigenvalue weighted by Gasteiger charge is -2.29. The third kappa shape index (κ3) is 66.7. The number of piperidine rings is 6. The number of carbonyl (C=O) groups excluding carboxylic acids is 9. The highest BCUT2D eigenvalue weighted by Gasteiger charge is 2.28. The maximum atomic E-state index is 11.2. The third-order valence-electron chi connectivity index (χ3n) is 21.5. The van der Waals surface area contributed by atoms with E-state index in [0.29, 0.717) is 108 Å². The molecule has 9 heterocycles. The minimum Gasteiger partial charge on any atom is -0.465 e. The fraction of sp³-hybridized carbons (Fsp3) is 0.810. The van der Waals surface area contributed by atoms with Gasteiger partial charge in [0.15, 0.2) is 39.7 Å². The van der Waals surface area contributed by atoms with Crippen LogP contribution in [-0.2, 0) is 102 Å². The van der Waals surface area contributed by atoms with Crippen LogP contribution in [0.5, 0.6) is 0 Å². The number of aromatic amines is 1. The summed E-state index contributed by atoms with van der Waals surface area (Å²) in [5.41, 5.74) is 2.01. The third-order valence-corrected chi connectivity index (χ3v) is 29.5. The molecule has 8 fully saturated rings. The smallest absolute Gasteiger partial charge is 0.330 e. The van der Waals surface area contributed by atoms with Crippen LogP contribution in [0.25, 0.3) is 11.0 Å². The minimum atomic E-state index is -2.81. The van der Waals surface area contributed by atoms with Crippen molar-refractivity contribution in [2.75, 3.05) is 197 Å². The van der Waals surface area contributed by atoms with Crippen LogP contribution in [0.2, 0.25) is 0 Å². The van der Waals surface area contributed by atoms with E-state index in [9.17, 15) is 51.6 Å². The molecule has 1 aromatic heterocycles. The van der Waals surface area contributed by atoms with Gasteiger partial charge in [-0.1, -0.05) is 296 Å². The SMILES string of the molecule is CC(Br)C(=O)OCCCc1nc2ccccc2[nH]1.CN1CCC(COC(=O)C(Br)Br)CC1.CN1CCCC(COC(=O)C(Br)Br)C1.CN1CCCC1CCOC(=O)C(Br)Br.O=C(OCC1CCNCC1)C(Br)Br.O=C(OCCC1CCCCN1)C(Br)Br.O=C(OCCC1CCNCC1)C(Br)Br.O=C(OCCCN1CCS(=O)(=O)CC1)C(Br)Br.O=C(OCCN1CCCCC1)C(Br)Br. The Morgan fingerprint density at radius 3 is 1.30 bits per heavy atom. The molecule has 30 nitrogen and oxygen atoms in total. The van der Waals surface area contributed by atoms with Crippen LogP contribution in [0.3, 0.4) is 0 Å². The Hall–Kier alpha value is 1.71. The molecule has 48 heteroatoms. The van der Waals surface area contributed by atoms with Crippen molar-refractivity contribution in [1.29, 1.82) is 0 Å². The van der Waals surface area contributed by atoms with E-state index < -0.39 is 13.6 Å². The van der Waals surface area contributed by atoms with Crippen molar-refractivity contribution < 1.29 is 94.2 Å². The fourth-order valence-corrected chi connectivity index (χ4v) is 17.5. The Bertz CT molecular complexity index is 3450. The predicted molar refractivity (Wildman–Crippen MR) is 581 cm³/mol. The van der Waals surface area contributed by atoms with E-state index in [4.69, 9.17) is 42.6 Å². The van der Waals surface area contributed by atoms with Gasteiger partial charge in [-0.3, -0.25) is 9.69 Å². The van der Waals surface area contributed by atoms with Crippen LogP contribution >= 0.6 is 271 Å². The molecule has 8 saturated heterocycles. The number of nitrogens with zero attached hydrogens (tertiary/aromatic N) is 6. The molecule has 764 valence electrons. The topological polar surface area (TPSA) is 352 Å². The minimum absolute atomic E-state index is 0.223. The summed E-state index contributed by atoms with van der Waals surface area (Å²) < 4.78 is 64.8. The molecule has 1 aromatic carbocycles. The van der Waals surface area contributed by atoms with Crippen LogP contribution in [0.4, 0.5) is 0 Å². The van der Waals surface area contributed by atoms with Gasteiger partial charge in [0, 0.05) is 57.1 Å². The summed E-state index contributed by atoms with van der Waals surface area (Å²) in [6, 6.07) is 9.03. The summed E-state index contributed by atoms with van der Waals surface area (Å²) in [6.45, 7) is 22.2. The molecule has 4 N–H and O–H groups in total. The fourth-order valence-electron chi connectivity index (χ4n) is 13.9. The molecule has 0 amide bonds. The van der Waals surface area contributed by atoms with E-state index in [1.165, 1.54) is 70.6 Å². The molecule has 10 rings (SSSR count). The van der Waals surface area contributed by atoms with Crippen molar-refractivity contribution in [3.05, 3.63) is 30.1 Å². The molecule has 8 aliphatic heterocycles. The zero-order valence-electron chi connectivity index (χ0n) is 75.3. The number of ether oxygens (including phenoxy) is 9. The number of nitrogens with one attached hydrogen (secondary N) is 4. The van der Waals surface area contributed by atoms with Gasteiger partial charge in [0.05, 0.1) is 75.4 Å². The number of imidazole rings is 1. The number of fused-ring (bicyclic) bond motifs is 1. The average molecular weight is 2990 g/mol. The Balaban J connectivity index is 0.000000503. The molecule has 0 saturated carbocycles. The van der Waals surface area contributed by atoms with E-state index in [-0.39, 0.29) is 96.2 Å². The van der Waals surface area contributed by atoms with E-state index in [0.717, 1.165) is 179 Å². The van der Waals surface area contributed by atoms with Gasteiger partial charge >= 0.3 is 53.7 Å². The normalized spacial score (nSPS) is 19.6. The number of rotatable bonds is 35. The molecule has 0 radical (unpaired) electrons. The zero-order valence-corrected chi connectivity index (χ0v) is 103. The lowest BCUT2D eigenvalue weighted by Crippen LogP contribution is -2.40. The van der Waals surface area contributed by atoms with Crippen molar-refractivity contribution in [3.8, 4) is 0 Å². The first kappa shape index (κ1) is 130. The summed E-state index contributed by atoms with van der Waals surface area (Å²) in [6.07, 6.45) is 24.4. The highest BCUT2D eigenvalue weighted by Crippen LogP contribution is 2.25. The number of carbonyl (C=O) groups is 9. The van der Waals surface area contributed by atoms with Crippen LogP contribution in [-0.4, -0.2) is 340 Å². The number of aryl methyl sites for hydroxylation is 1. The van der Waals surface area contributed by atoms with Gasteiger partial charge < -0.3 is 83.2 Å². The Kier molecular flexibility index (Phi) is 77.7. The zero-order chi connectivity index (χ0) is 98.4. The molecular weight excluding hydrogens is 2860 g/mol. The van der Waals surface area contributed by atoms with Crippen LogP contribution in [0.15, 0.2) is 24.3 Å². The summed E-state index contributed by atoms with van der Waals surface area (Å²) in [4.78, 5) is 119. The van der Waals surface area contributed by atoms with Gasteiger partial charge in [-0.05, 0) is 252 Å². The van der Waals surface area contributed by atoms with Gasteiger partial charge in [-0.15, -0.1) is 0 Å². The van der Waals surface area contributed by atoms with E-state index >= 15 is 0 Å². The second-order valence-corrected chi connectivity index (χ2v) is 60.3. The lowest BCUT2D eigenvalue weighted by atomic mass is 9.95. The van der Waals surface area contributed by atoms with E-state index in [1.54, 1.807) is 6.92 Å². The first-order chi connectivity index (χ1) is 62.7. The molecule has 132 heavy (non-hydrogen) atoms. The standard InChI is InChI=1S/C13H15BrN2O2.C9H15Br2NO4S.6C9H15Br2NO2.C8H13Br2NO2/c1-9(14)13(17)18-8-4-7-12-15-10-5-2-3-6-11(10)16-12;10-8(11)9(13)16-5-1-2-12-3-6-17(14,15)7-4-12;1-12-4-2-7(3-5-12)6-14-9(13)8(10)11;10-8(11)9(13)14-6-3-7-1-4-12-5-2-7;1-12-5-2-3-7(12)4-6-14-9(13)8(10)11;1-12-4-2-3-7(5-12)6-14-9(13)8(10)11;10-8(11)9(13)14-6-4-7-3-1-2-5-12-7;10-8(11)9(13)14-7-6-12-4-2-1-3-5-12;9-7(10)8(12)13-5-6-1-3-11-4-2-6/h2-3,5-6,9H,4,7-8H2,1H3,(H,15,16);8H,1-7H2;7-8H,2-6H2,1H3;7-8,12H,1-6H2;2*7-8H,2-6H2,1H3;7-8,12H,1-6H2;8H,1-7H2;6-7,11H,1-5H2. The highest BCUT2D eigenvalue weighted by molar-refractivity contribution is 9.27. The number of hydrogen-bond acceptors (Lipinski definition) is 29. The number of halogens is 17. The molecule has 0 aliphatic carbocycles. The molecule has 8 aliphatic rings. The Morgan fingerprint density at radius 2 is 0.826 bits per heavy atom. The quantitative estimate of drug-likeness (QED) is 0.0215. The number of benzene rings is 1. The lowest BCUT2D eigenvalue weighted by molar-refractivity contribution is -0.143. The molecule has 2 aromatic rings. The number of aromatic nitrogens is 2. The van der Waals surface area contributed by atoms with Gasteiger partial charge in [-0.2, -0.15) is 0 Å². The predicted octanol–water partition coefficient (Wildman–Crippen LogP) is 17.7. The number of hydrogen-bond donors (Lipinski definition) is 4. The van der Waals surface area contributed by atoms with Crippen molar-refractivity contribution in [3.63, 3.8) is 0 Å². The summed E-state index contributed by atoms with van der Waals surface area (Å²) in [5, 5.41) is 9.98. The maximum Gasteiger partial charge on any atom is 0.330 e. The average Bonchev–Trinajstić information content (AvgIpc) is 1.69. The second kappa shape index (κ2) is 79.0. The monoisotopic (exact) mass is 2980 g/mol. The van der Waals surface area contributed by atoms with E-state index in [1.807, 2.05) is 24.3 Å². The van der Waals surface area contributed by atoms with Gasteiger partial charge in [0.2, 0.25) is 0 Å². The number of para-hydroxylation sites is 2. The first-order valence-corrected chi connectivity index (χ1v) is 61.8. The number of alkyl halides is 17. The molecule has 4 atom stereocenters. The second-order valence-electron chi connectivity index (χ2n) is 32.2. The van der Waals surface area contributed by atoms with Gasteiger partial charge in [0.1, 0.15) is 17.3 Å². The highest BCUT2D eigenvalue weighted by atomic mass is 79.9. The van der Waals surface area contributed by atoms with Crippen molar-refractivity contribution >= 4 is 345 Å². The van der Waals surface area contributed by atoms with Crippen LogP contribution in [0.1, 0.15) is 148 Å². The summed E-state index contributed by atoms with van der Waals surface area (Å²) in [5.74, 6) is 1.43.